The van der Waals surface area contributed by atoms with E-state index < -0.39 is 0 Å². The van der Waals surface area contributed by atoms with Crippen LogP contribution < -0.4 is 15.1 Å². The Kier molecular flexibility index (Phi) is 6.30. The highest BCUT2D eigenvalue weighted by molar-refractivity contribution is 5.94. The molecule has 0 saturated carbocycles. The third-order valence-corrected chi connectivity index (χ3v) is 5.95. The van der Waals surface area contributed by atoms with E-state index in [2.05, 4.69) is 57.4 Å². The largest absolute Gasteiger partial charge is 0.346 e. The molecule has 0 aliphatic carbocycles. The van der Waals surface area contributed by atoms with Gasteiger partial charge in [0.1, 0.15) is 32.2 Å². The predicted molar refractivity (Wildman–Crippen MR) is 109 cm³/mol. The van der Waals surface area contributed by atoms with Gasteiger partial charge in [0.05, 0.1) is 13.6 Å². The summed E-state index contributed by atoms with van der Waals surface area (Å²) in [6, 6.07) is 15.0. The standard InChI is InChI=1S/C23H31N3O/c1-17-5-8-20(9-6-17)22(26-13-11-25(4)12-14-26)16-24-23(27)21-10-7-18(2)19(3)15-21/h5-10,15,22H,11-14,16H2,1-4H3,(H,24,27)/p+2/t22-/m0/s1. The van der Waals surface area contributed by atoms with Crippen molar-refractivity contribution in [3.05, 3.63) is 70.3 Å². The van der Waals surface area contributed by atoms with Crippen molar-refractivity contribution < 1.29 is 14.6 Å². The van der Waals surface area contributed by atoms with Crippen molar-refractivity contribution in [3.8, 4) is 0 Å². The lowest BCUT2D eigenvalue weighted by atomic mass is 10.0. The molecule has 0 unspecified atom stereocenters. The summed E-state index contributed by atoms with van der Waals surface area (Å²) in [6.07, 6.45) is 0. The molecule has 0 aromatic heterocycles. The summed E-state index contributed by atoms with van der Waals surface area (Å²) < 4.78 is 0. The van der Waals surface area contributed by atoms with E-state index in [1.165, 1.54) is 29.8 Å². The van der Waals surface area contributed by atoms with Gasteiger partial charge in [0.25, 0.3) is 5.91 Å². The molecule has 2 aromatic rings. The van der Waals surface area contributed by atoms with Crippen LogP contribution in [-0.4, -0.2) is 45.7 Å². The van der Waals surface area contributed by atoms with Crippen molar-refractivity contribution in [3.63, 3.8) is 0 Å². The van der Waals surface area contributed by atoms with Crippen LogP contribution in [0.3, 0.4) is 0 Å². The molecule has 1 amide bonds. The Morgan fingerprint density at radius 3 is 2.26 bits per heavy atom. The number of hydrogen-bond donors (Lipinski definition) is 3. The topological polar surface area (TPSA) is 38.0 Å². The Morgan fingerprint density at radius 2 is 1.63 bits per heavy atom. The van der Waals surface area contributed by atoms with Gasteiger partial charge in [0.15, 0.2) is 0 Å². The molecule has 1 saturated heterocycles. The molecule has 3 N–H and O–H groups in total. The van der Waals surface area contributed by atoms with Crippen molar-refractivity contribution in [2.75, 3.05) is 39.8 Å². The first-order valence-electron chi connectivity index (χ1n) is 10.0. The van der Waals surface area contributed by atoms with Crippen LogP contribution >= 0.6 is 0 Å². The second-order valence-electron chi connectivity index (χ2n) is 8.09. The number of nitrogens with one attached hydrogen (secondary N) is 3. The van der Waals surface area contributed by atoms with E-state index in [4.69, 9.17) is 0 Å². The normalized spacial score (nSPS) is 20.9. The van der Waals surface area contributed by atoms with Gasteiger partial charge in [0, 0.05) is 11.1 Å². The van der Waals surface area contributed by atoms with Gasteiger partial charge < -0.3 is 15.1 Å². The fourth-order valence-electron chi connectivity index (χ4n) is 3.82. The summed E-state index contributed by atoms with van der Waals surface area (Å²) in [4.78, 5) is 15.9. The predicted octanol–water partition coefficient (Wildman–Crippen LogP) is 0.496. The van der Waals surface area contributed by atoms with Crippen molar-refractivity contribution in [1.82, 2.24) is 5.32 Å². The van der Waals surface area contributed by atoms with Gasteiger partial charge in [-0.2, -0.15) is 0 Å². The fraction of sp³-hybridized carbons (Fsp3) is 0.435. The number of benzene rings is 2. The Hall–Kier alpha value is -2.17. The van der Waals surface area contributed by atoms with Crippen molar-refractivity contribution in [2.24, 2.45) is 0 Å². The van der Waals surface area contributed by atoms with Gasteiger partial charge in [-0.25, -0.2) is 0 Å². The highest BCUT2D eigenvalue weighted by atomic mass is 16.1. The lowest BCUT2D eigenvalue weighted by Gasteiger charge is -2.33. The Labute approximate surface area is 163 Å². The molecule has 0 bridgehead atoms. The third kappa shape index (κ3) is 4.96. The fourth-order valence-corrected chi connectivity index (χ4v) is 3.82. The summed E-state index contributed by atoms with van der Waals surface area (Å²) in [5.41, 5.74) is 5.71. The van der Waals surface area contributed by atoms with Gasteiger partial charge in [-0.1, -0.05) is 35.9 Å². The molecule has 3 rings (SSSR count). The summed E-state index contributed by atoms with van der Waals surface area (Å²) in [7, 11) is 2.26. The molecule has 1 aliphatic rings. The maximum atomic E-state index is 12.7. The van der Waals surface area contributed by atoms with Gasteiger partial charge in [0.2, 0.25) is 0 Å². The molecule has 4 nitrogen and oxygen atoms in total. The molecule has 4 heteroatoms. The van der Waals surface area contributed by atoms with Crippen LogP contribution in [0.2, 0.25) is 0 Å². The van der Waals surface area contributed by atoms with Crippen molar-refractivity contribution in [2.45, 2.75) is 26.8 Å². The zero-order chi connectivity index (χ0) is 19.4. The number of carbonyl (C=O) groups is 1. The SMILES string of the molecule is Cc1ccc([C@H](CNC(=O)c2ccc(C)c(C)c2)[NH+]2CC[NH+](C)CC2)cc1. The molecule has 0 spiro atoms. The van der Waals surface area contributed by atoms with Crippen LogP contribution in [0.15, 0.2) is 42.5 Å². The first kappa shape index (κ1) is 19.6. The molecule has 1 aliphatic heterocycles. The summed E-state index contributed by atoms with van der Waals surface area (Å²) >= 11 is 0. The maximum Gasteiger partial charge on any atom is 0.251 e. The van der Waals surface area contributed by atoms with Crippen LogP contribution in [0.4, 0.5) is 0 Å². The number of likely N-dealkylation sites (N-methyl/N-ethyl adjacent to an activating group) is 1. The lowest BCUT2D eigenvalue weighted by molar-refractivity contribution is -1.02. The minimum Gasteiger partial charge on any atom is -0.346 e. The smallest absolute Gasteiger partial charge is 0.251 e. The monoisotopic (exact) mass is 367 g/mol. The second-order valence-corrected chi connectivity index (χ2v) is 8.09. The Bertz CT molecular complexity index is 777. The highest BCUT2D eigenvalue weighted by Gasteiger charge is 2.29. The number of hydrogen-bond acceptors (Lipinski definition) is 1. The number of quaternary nitrogens is 2. The van der Waals surface area contributed by atoms with E-state index in [0.29, 0.717) is 12.6 Å². The maximum absolute atomic E-state index is 12.7. The number of carbonyl (C=O) groups excluding carboxylic acids is 1. The van der Waals surface area contributed by atoms with E-state index in [-0.39, 0.29) is 5.91 Å². The van der Waals surface area contributed by atoms with Crippen molar-refractivity contribution >= 4 is 5.91 Å². The van der Waals surface area contributed by atoms with E-state index in [9.17, 15) is 4.79 Å². The Morgan fingerprint density at radius 1 is 0.963 bits per heavy atom. The number of aryl methyl sites for hydroxylation is 3. The molecule has 0 radical (unpaired) electrons. The van der Waals surface area contributed by atoms with E-state index in [1.807, 2.05) is 18.2 Å². The third-order valence-electron chi connectivity index (χ3n) is 5.95. The van der Waals surface area contributed by atoms with E-state index in [1.54, 1.807) is 9.80 Å². The molecular weight excluding hydrogens is 334 g/mol. The summed E-state index contributed by atoms with van der Waals surface area (Å²) in [5.74, 6) is 0.0226. The minimum absolute atomic E-state index is 0.0226. The average molecular weight is 368 g/mol. The van der Waals surface area contributed by atoms with Gasteiger partial charge in [-0.3, -0.25) is 4.79 Å². The molecule has 2 aromatic carbocycles. The number of piperazine rings is 1. The van der Waals surface area contributed by atoms with Gasteiger partial charge >= 0.3 is 0 Å². The molecule has 144 valence electrons. The van der Waals surface area contributed by atoms with Crippen LogP contribution in [-0.2, 0) is 0 Å². The minimum atomic E-state index is 0.0226. The molecule has 1 fully saturated rings. The van der Waals surface area contributed by atoms with E-state index in [0.717, 1.165) is 24.2 Å². The van der Waals surface area contributed by atoms with Gasteiger partial charge in [-0.05, 0) is 44.0 Å². The summed E-state index contributed by atoms with van der Waals surface area (Å²) in [6.45, 7) is 11.6. The molecule has 27 heavy (non-hydrogen) atoms. The average Bonchev–Trinajstić information content (AvgIpc) is 2.66. The number of amides is 1. The summed E-state index contributed by atoms with van der Waals surface area (Å²) in [5, 5.41) is 3.20. The quantitative estimate of drug-likeness (QED) is 0.707. The van der Waals surface area contributed by atoms with Crippen LogP contribution in [0.25, 0.3) is 0 Å². The molecule has 1 atom stereocenters. The molecule has 1 heterocycles. The van der Waals surface area contributed by atoms with Crippen LogP contribution in [0.1, 0.15) is 38.7 Å². The van der Waals surface area contributed by atoms with E-state index >= 15 is 0 Å². The Balaban J connectivity index is 1.73. The van der Waals surface area contributed by atoms with Crippen LogP contribution in [0, 0.1) is 20.8 Å². The molecular formula is C23H33N3O+2. The first-order chi connectivity index (χ1) is 12.9. The first-order valence-corrected chi connectivity index (χ1v) is 10.0. The van der Waals surface area contributed by atoms with Gasteiger partial charge in [-0.15, -0.1) is 0 Å². The zero-order valence-electron chi connectivity index (χ0n) is 17.1. The van der Waals surface area contributed by atoms with Crippen LogP contribution in [0.5, 0.6) is 0 Å². The lowest BCUT2D eigenvalue weighted by Crippen LogP contribution is -3.27. The second kappa shape index (κ2) is 8.68. The zero-order valence-corrected chi connectivity index (χ0v) is 17.1. The number of rotatable bonds is 5. The highest BCUT2D eigenvalue weighted by Crippen LogP contribution is 2.13. The van der Waals surface area contributed by atoms with Crippen molar-refractivity contribution in [1.29, 1.82) is 0 Å².